The lowest BCUT2D eigenvalue weighted by molar-refractivity contribution is -0.133. The highest BCUT2D eigenvalue weighted by atomic mass is 32.2. The van der Waals surface area contributed by atoms with Gasteiger partial charge in [-0.25, -0.2) is 0 Å². The predicted molar refractivity (Wildman–Crippen MR) is 71.4 cm³/mol. The molecule has 0 atom stereocenters. The molecule has 0 spiro atoms. The number of nitrogens with zero attached hydrogens (tertiary/aromatic N) is 1. The van der Waals surface area contributed by atoms with Crippen LogP contribution in [0.25, 0.3) is 0 Å². The van der Waals surface area contributed by atoms with E-state index in [9.17, 15) is 14.4 Å². The molecule has 1 aliphatic rings. The number of likely N-dealkylation sites (tertiary alicyclic amines) is 1. The number of hydrogen-bond donors (Lipinski definition) is 1. The van der Waals surface area contributed by atoms with Gasteiger partial charge in [-0.2, -0.15) is 0 Å². The summed E-state index contributed by atoms with van der Waals surface area (Å²) in [7, 11) is 0. The van der Waals surface area contributed by atoms with Gasteiger partial charge in [-0.05, 0) is 19.8 Å². The second kappa shape index (κ2) is 8.13. The molecule has 2 amide bonds. The zero-order valence-electron chi connectivity index (χ0n) is 10.7. The molecule has 6 heteroatoms. The van der Waals surface area contributed by atoms with Gasteiger partial charge in [0.15, 0.2) is 0 Å². The van der Waals surface area contributed by atoms with Gasteiger partial charge < -0.3 is 10.2 Å². The Morgan fingerprint density at radius 3 is 2.78 bits per heavy atom. The van der Waals surface area contributed by atoms with Gasteiger partial charge in [-0.3, -0.25) is 14.4 Å². The number of ketones is 1. The number of thioether (sulfide) groups is 1. The van der Waals surface area contributed by atoms with Gasteiger partial charge in [-0.15, -0.1) is 11.8 Å². The molecule has 0 radical (unpaired) electrons. The molecule has 1 fully saturated rings. The molecule has 1 aliphatic heterocycles. The minimum Gasteiger partial charge on any atom is -0.354 e. The van der Waals surface area contributed by atoms with E-state index in [1.165, 1.54) is 18.7 Å². The number of hydrogen-bond acceptors (Lipinski definition) is 4. The van der Waals surface area contributed by atoms with Gasteiger partial charge in [0.1, 0.15) is 5.78 Å². The first-order valence-electron chi connectivity index (χ1n) is 6.21. The highest BCUT2D eigenvalue weighted by Gasteiger charge is 2.17. The van der Waals surface area contributed by atoms with Crippen molar-refractivity contribution >= 4 is 29.4 Å². The number of Topliss-reactive ketones (excluding diaryl/α,β-unsaturated/α-hetero) is 1. The van der Waals surface area contributed by atoms with Crippen molar-refractivity contribution in [2.45, 2.75) is 26.2 Å². The van der Waals surface area contributed by atoms with Crippen molar-refractivity contribution < 1.29 is 14.4 Å². The van der Waals surface area contributed by atoms with E-state index in [1.54, 1.807) is 4.90 Å². The smallest absolute Gasteiger partial charge is 0.230 e. The van der Waals surface area contributed by atoms with Crippen LogP contribution in [0.4, 0.5) is 0 Å². The topological polar surface area (TPSA) is 66.5 Å². The summed E-state index contributed by atoms with van der Waals surface area (Å²) < 4.78 is 0. The lowest BCUT2D eigenvalue weighted by Crippen LogP contribution is -2.41. The summed E-state index contributed by atoms with van der Waals surface area (Å²) in [5.74, 6) is 0.852. The second-order valence-corrected chi connectivity index (χ2v) is 5.37. The van der Waals surface area contributed by atoms with E-state index in [4.69, 9.17) is 0 Å². The zero-order chi connectivity index (χ0) is 13.4. The Balaban J connectivity index is 2.07. The molecule has 0 aromatic heterocycles. The van der Waals surface area contributed by atoms with Crippen LogP contribution < -0.4 is 5.32 Å². The van der Waals surface area contributed by atoms with E-state index >= 15 is 0 Å². The van der Waals surface area contributed by atoms with Crippen molar-refractivity contribution in [2.24, 2.45) is 0 Å². The van der Waals surface area contributed by atoms with E-state index in [0.29, 0.717) is 31.0 Å². The summed E-state index contributed by atoms with van der Waals surface area (Å²) in [6, 6.07) is 0. The SMILES string of the molecule is CC(=O)CSCC(=O)NCCN1CCCCC1=O. The largest absolute Gasteiger partial charge is 0.354 e. The van der Waals surface area contributed by atoms with Gasteiger partial charge in [0.25, 0.3) is 0 Å². The molecule has 5 nitrogen and oxygen atoms in total. The fourth-order valence-electron chi connectivity index (χ4n) is 1.77. The Labute approximate surface area is 112 Å². The van der Waals surface area contributed by atoms with Crippen LogP contribution in [-0.2, 0) is 14.4 Å². The first kappa shape index (κ1) is 15.0. The summed E-state index contributed by atoms with van der Waals surface area (Å²) >= 11 is 1.31. The summed E-state index contributed by atoms with van der Waals surface area (Å²) in [5.41, 5.74) is 0. The van der Waals surface area contributed by atoms with Gasteiger partial charge in [0.2, 0.25) is 11.8 Å². The third-order valence-electron chi connectivity index (χ3n) is 2.66. The lowest BCUT2D eigenvalue weighted by atomic mass is 10.1. The van der Waals surface area contributed by atoms with Gasteiger partial charge >= 0.3 is 0 Å². The Bertz CT molecular complexity index is 320. The molecule has 102 valence electrons. The highest BCUT2D eigenvalue weighted by molar-refractivity contribution is 8.00. The standard InChI is InChI=1S/C12H20N2O3S/c1-10(15)8-18-9-11(16)13-5-7-14-6-3-2-4-12(14)17/h2-9H2,1H3,(H,13,16). The van der Waals surface area contributed by atoms with Gasteiger partial charge in [0.05, 0.1) is 11.5 Å². The van der Waals surface area contributed by atoms with Crippen LogP contribution in [0.2, 0.25) is 0 Å². The van der Waals surface area contributed by atoms with Gasteiger partial charge in [0, 0.05) is 26.1 Å². The number of carbonyl (C=O) groups is 3. The number of amides is 2. The molecular weight excluding hydrogens is 252 g/mol. The van der Waals surface area contributed by atoms with Crippen LogP contribution in [0.3, 0.4) is 0 Å². The van der Waals surface area contributed by atoms with E-state index in [-0.39, 0.29) is 17.6 Å². The first-order chi connectivity index (χ1) is 8.59. The van der Waals surface area contributed by atoms with Crippen LogP contribution >= 0.6 is 11.8 Å². The molecule has 18 heavy (non-hydrogen) atoms. The molecule has 0 aliphatic carbocycles. The van der Waals surface area contributed by atoms with Crippen molar-refractivity contribution in [3.05, 3.63) is 0 Å². The fraction of sp³-hybridized carbons (Fsp3) is 0.750. The fourth-order valence-corrected chi connectivity index (χ4v) is 2.44. The summed E-state index contributed by atoms with van der Waals surface area (Å²) in [4.78, 5) is 35.4. The monoisotopic (exact) mass is 272 g/mol. The Kier molecular flexibility index (Phi) is 6.78. The Morgan fingerprint density at radius 2 is 2.11 bits per heavy atom. The summed E-state index contributed by atoms with van der Waals surface area (Å²) in [6.07, 6.45) is 2.65. The van der Waals surface area contributed by atoms with E-state index in [1.807, 2.05) is 0 Å². The highest BCUT2D eigenvalue weighted by Crippen LogP contribution is 2.09. The lowest BCUT2D eigenvalue weighted by Gasteiger charge is -2.26. The number of piperidine rings is 1. The maximum atomic E-state index is 11.5. The molecule has 0 bridgehead atoms. The average Bonchev–Trinajstić information content (AvgIpc) is 2.31. The maximum Gasteiger partial charge on any atom is 0.230 e. The van der Waals surface area contributed by atoms with Gasteiger partial charge in [-0.1, -0.05) is 0 Å². The molecular formula is C12H20N2O3S. The maximum absolute atomic E-state index is 11.5. The van der Waals surface area contributed by atoms with Crippen LogP contribution in [0, 0.1) is 0 Å². The Morgan fingerprint density at radius 1 is 1.33 bits per heavy atom. The number of nitrogens with one attached hydrogen (secondary N) is 1. The third kappa shape index (κ3) is 6.05. The van der Waals surface area contributed by atoms with Crippen molar-refractivity contribution in [1.82, 2.24) is 10.2 Å². The van der Waals surface area contributed by atoms with E-state index < -0.39 is 0 Å². The Hall–Kier alpha value is -1.04. The summed E-state index contributed by atoms with van der Waals surface area (Å²) in [6.45, 7) is 3.38. The molecule has 0 saturated carbocycles. The zero-order valence-corrected chi connectivity index (χ0v) is 11.6. The van der Waals surface area contributed by atoms with Crippen molar-refractivity contribution in [2.75, 3.05) is 31.1 Å². The summed E-state index contributed by atoms with van der Waals surface area (Å²) in [5, 5.41) is 2.76. The quantitative estimate of drug-likeness (QED) is 0.730. The minimum atomic E-state index is -0.0780. The molecule has 1 saturated heterocycles. The van der Waals surface area contributed by atoms with E-state index in [2.05, 4.69) is 5.32 Å². The van der Waals surface area contributed by atoms with Crippen LogP contribution in [0.1, 0.15) is 26.2 Å². The molecule has 0 aromatic carbocycles. The van der Waals surface area contributed by atoms with Crippen LogP contribution in [-0.4, -0.2) is 53.6 Å². The third-order valence-corrected chi connectivity index (χ3v) is 3.74. The minimum absolute atomic E-state index is 0.0757. The normalized spacial score (nSPS) is 15.6. The van der Waals surface area contributed by atoms with Crippen molar-refractivity contribution in [3.63, 3.8) is 0 Å². The average molecular weight is 272 g/mol. The van der Waals surface area contributed by atoms with Crippen LogP contribution in [0.5, 0.6) is 0 Å². The molecule has 1 N–H and O–H groups in total. The first-order valence-corrected chi connectivity index (χ1v) is 7.36. The molecule has 1 heterocycles. The number of carbonyl (C=O) groups excluding carboxylic acids is 3. The number of rotatable bonds is 7. The van der Waals surface area contributed by atoms with Crippen molar-refractivity contribution in [1.29, 1.82) is 0 Å². The second-order valence-electron chi connectivity index (χ2n) is 4.38. The molecule has 0 aromatic rings. The van der Waals surface area contributed by atoms with E-state index in [0.717, 1.165) is 19.4 Å². The van der Waals surface area contributed by atoms with Crippen molar-refractivity contribution in [3.8, 4) is 0 Å². The predicted octanol–water partition coefficient (Wildman–Crippen LogP) is 0.437. The van der Waals surface area contributed by atoms with Crippen LogP contribution in [0.15, 0.2) is 0 Å². The molecule has 0 unspecified atom stereocenters. The molecule has 1 rings (SSSR count).